The third kappa shape index (κ3) is 6.52. The predicted octanol–water partition coefficient (Wildman–Crippen LogP) is 4.61. The molecule has 0 saturated carbocycles. The van der Waals surface area contributed by atoms with Gasteiger partial charge in [-0.25, -0.2) is 14.3 Å². The molecule has 0 aliphatic carbocycles. The van der Waals surface area contributed by atoms with Gasteiger partial charge in [0.05, 0.1) is 12.2 Å². The zero-order valence-electron chi connectivity index (χ0n) is 19.9. The van der Waals surface area contributed by atoms with Crippen molar-refractivity contribution in [2.75, 3.05) is 36.6 Å². The second-order valence-electron chi connectivity index (χ2n) is 7.84. The summed E-state index contributed by atoms with van der Waals surface area (Å²) in [5, 5.41) is 12.0. The number of thioether (sulfide) groups is 1. The van der Waals surface area contributed by atoms with E-state index in [9.17, 15) is 22.8 Å². The van der Waals surface area contributed by atoms with Crippen LogP contribution in [-0.2, 0) is 4.74 Å². The van der Waals surface area contributed by atoms with Crippen molar-refractivity contribution in [2.45, 2.75) is 10.4 Å². The quantitative estimate of drug-likeness (QED) is 0.188. The zero-order chi connectivity index (χ0) is 27.3. The first kappa shape index (κ1) is 26.8. The van der Waals surface area contributed by atoms with E-state index in [4.69, 9.17) is 10.5 Å². The molecular weight excluding hydrogens is 523 g/mol. The highest BCUT2D eigenvalue weighted by atomic mass is 32.2. The van der Waals surface area contributed by atoms with Crippen molar-refractivity contribution in [1.82, 2.24) is 19.9 Å². The number of urea groups is 1. The van der Waals surface area contributed by atoms with Gasteiger partial charge in [0.2, 0.25) is 0 Å². The standard InChI is InChI=1S/C24H22F3N7O3S/c1-37-10-9-29-22(35)18-12-34-20(21(28)30-13-31-34)19(18)14-5-7-15(8-6-14)32-23(36)33-16-3-2-4-17(11-16)38-24(25,26)27/h2-8,11-13H,9-10H2,1H3,(H,29,35)(H2,28,30,31)(H2,32,33,36). The maximum absolute atomic E-state index is 12.9. The number of nitrogens with one attached hydrogen (secondary N) is 3. The predicted molar refractivity (Wildman–Crippen MR) is 138 cm³/mol. The molecule has 0 unspecified atom stereocenters. The summed E-state index contributed by atoms with van der Waals surface area (Å²) in [5.41, 5.74) is 4.16. The van der Waals surface area contributed by atoms with Gasteiger partial charge in [-0.05, 0) is 47.7 Å². The number of benzene rings is 2. The fraction of sp³-hybridized carbons (Fsp3) is 0.167. The third-order valence-electron chi connectivity index (χ3n) is 5.20. The molecule has 2 heterocycles. The number of aromatic nitrogens is 3. The molecule has 198 valence electrons. The van der Waals surface area contributed by atoms with Gasteiger partial charge >= 0.3 is 11.5 Å². The van der Waals surface area contributed by atoms with Gasteiger partial charge in [-0.15, -0.1) is 0 Å². The minimum Gasteiger partial charge on any atom is -0.383 e. The summed E-state index contributed by atoms with van der Waals surface area (Å²) in [7, 11) is 1.53. The Morgan fingerprint density at radius 3 is 2.55 bits per heavy atom. The smallest absolute Gasteiger partial charge is 0.383 e. The second kappa shape index (κ2) is 11.4. The van der Waals surface area contributed by atoms with Crippen LogP contribution in [0, 0.1) is 0 Å². The van der Waals surface area contributed by atoms with Crippen LogP contribution in [-0.4, -0.2) is 52.3 Å². The first-order valence-electron chi connectivity index (χ1n) is 11.1. The maximum Gasteiger partial charge on any atom is 0.446 e. The number of nitrogens with zero attached hydrogens (tertiary/aromatic N) is 3. The van der Waals surface area contributed by atoms with Crippen LogP contribution in [0.4, 0.5) is 35.2 Å². The zero-order valence-corrected chi connectivity index (χ0v) is 20.7. The van der Waals surface area contributed by atoms with E-state index >= 15 is 0 Å². The van der Waals surface area contributed by atoms with Crippen molar-refractivity contribution in [3.8, 4) is 11.1 Å². The lowest BCUT2D eigenvalue weighted by molar-refractivity contribution is -0.0328. The highest BCUT2D eigenvalue weighted by molar-refractivity contribution is 8.00. The lowest BCUT2D eigenvalue weighted by Crippen LogP contribution is -2.27. The number of hydrogen-bond acceptors (Lipinski definition) is 7. The van der Waals surface area contributed by atoms with Crippen LogP contribution in [0.3, 0.4) is 0 Å². The van der Waals surface area contributed by atoms with Gasteiger partial charge in [-0.3, -0.25) is 4.79 Å². The number of nitrogens with two attached hydrogens (primary N) is 1. The molecule has 10 nitrogen and oxygen atoms in total. The lowest BCUT2D eigenvalue weighted by atomic mass is 10.0. The van der Waals surface area contributed by atoms with Crippen LogP contribution in [0.1, 0.15) is 10.4 Å². The number of alkyl halides is 3. The molecule has 0 fully saturated rings. The van der Waals surface area contributed by atoms with Crippen LogP contribution in [0.2, 0.25) is 0 Å². The van der Waals surface area contributed by atoms with Gasteiger partial charge in [0, 0.05) is 41.7 Å². The van der Waals surface area contributed by atoms with Crippen molar-refractivity contribution in [2.24, 2.45) is 0 Å². The second-order valence-corrected chi connectivity index (χ2v) is 8.98. The lowest BCUT2D eigenvalue weighted by Gasteiger charge is -2.11. The average Bonchev–Trinajstić information content (AvgIpc) is 3.25. The number of fused-ring (bicyclic) bond motifs is 1. The molecule has 38 heavy (non-hydrogen) atoms. The molecule has 3 amide bonds. The van der Waals surface area contributed by atoms with E-state index in [0.29, 0.717) is 41.0 Å². The SMILES string of the molecule is COCCNC(=O)c1cn2ncnc(N)c2c1-c1ccc(NC(=O)Nc2cccc(SC(F)(F)F)c2)cc1. The molecule has 5 N–H and O–H groups in total. The Bertz CT molecular complexity index is 1460. The van der Waals surface area contributed by atoms with Crippen LogP contribution in [0.5, 0.6) is 0 Å². The van der Waals surface area contributed by atoms with E-state index in [1.54, 1.807) is 30.5 Å². The Labute approximate surface area is 218 Å². The molecule has 0 bridgehead atoms. The van der Waals surface area contributed by atoms with Crippen LogP contribution in [0.15, 0.2) is 66.0 Å². The topological polar surface area (TPSA) is 136 Å². The first-order chi connectivity index (χ1) is 18.1. The van der Waals surface area contributed by atoms with E-state index in [-0.39, 0.29) is 34.1 Å². The Kier molecular flexibility index (Phi) is 8.02. The highest BCUT2D eigenvalue weighted by Crippen LogP contribution is 2.37. The Hall–Kier alpha value is -4.30. The molecule has 0 aliphatic rings. The summed E-state index contributed by atoms with van der Waals surface area (Å²) in [6, 6.07) is 11.4. The van der Waals surface area contributed by atoms with Gasteiger partial charge in [0.15, 0.2) is 5.82 Å². The van der Waals surface area contributed by atoms with Gasteiger partial charge in [-0.2, -0.15) is 18.3 Å². The number of carbonyl (C=O) groups is 2. The highest BCUT2D eigenvalue weighted by Gasteiger charge is 2.29. The van der Waals surface area contributed by atoms with Gasteiger partial charge in [0.1, 0.15) is 11.8 Å². The van der Waals surface area contributed by atoms with Crippen molar-refractivity contribution in [3.63, 3.8) is 0 Å². The maximum atomic E-state index is 12.9. The molecule has 2 aromatic carbocycles. The summed E-state index contributed by atoms with van der Waals surface area (Å²) in [6.45, 7) is 0.641. The molecule has 14 heteroatoms. The van der Waals surface area contributed by atoms with E-state index in [2.05, 4.69) is 26.0 Å². The van der Waals surface area contributed by atoms with Gasteiger partial charge in [-0.1, -0.05) is 18.2 Å². The third-order valence-corrected chi connectivity index (χ3v) is 5.92. The number of methoxy groups -OCH3 is 1. The number of rotatable bonds is 8. The molecule has 2 aromatic heterocycles. The normalized spacial score (nSPS) is 11.4. The van der Waals surface area contributed by atoms with Crippen molar-refractivity contribution in [3.05, 3.63) is 66.6 Å². The number of ether oxygens (including phenoxy) is 1. The molecular formula is C24H22F3N7O3S. The van der Waals surface area contributed by atoms with Gasteiger partial charge in [0.25, 0.3) is 5.91 Å². The Balaban J connectivity index is 1.53. The molecule has 0 spiro atoms. The van der Waals surface area contributed by atoms with Crippen LogP contribution >= 0.6 is 11.8 Å². The van der Waals surface area contributed by atoms with E-state index in [0.717, 1.165) is 0 Å². The summed E-state index contributed by atoms with van der Waals surface area (Å²) in [6.07, 6.45) is 2.83. The summed E-state index contributed by atoms with van der Waals surface area (Å²) < 4.78 is 44.3. The average molecular weight is 546 g/mol. The molecule has 0 aliphatic heterocycles. The number of carbonyl (C=O) groups excluding carboxylic acids is 2. The minimum absolute atomic E-state index is 0.0511. The minimum atomic E-state index is -4.44. The van der Waals surface area contributed by atoms with Crippen molar-refractivity contribution < 1.29 is 27.5 Å². The van der Waals surface area contributed by atoms with Gasteiger partial charge < -0.3 is 26.4 Å². The molecule has 0 saturated heterocycles. The number of nitrogen functional groups attached to an aromatic ring is 1. The number of halogens is 3. The van der Waals surface area contributed by atoms with Crippen LogP contribution in [0.25, 0.3) is 16.6 Å². The summed E-state index contributed by atoms with van der Waals surface area (Å²) in [5.74, 6) is -0.173. The van der Waals surface area contributed by atoms with E-state index < -0.39 is 11.5 Å². The summed E-state index contributed by atoms with van der Waals surface area (Å²) >= 11 is -0.270. The first-order valence-corrected chi connectivity index (χ1v) is 11.9. The van der Waals surface area contributed by atoms with Crippen molar-refractivity contribution >= 4 is 46.4 Å². The fourth-order valence-corrected chi connectivity index (χ4v) is 4.25. The molecule has 4 aromatic rings. The number of anilines is 3. The fourth-order valence-electron chi connectivity index (χ4n) is 3.65. The Morgan fingerprint density at radius 2 is 1.84 bits per heavy atom. The van der Waals surface area contributed by atoms with E-state index in [1.807, 2.05) is 0 Å². The molecule has 4 rings (SSSR count). The van der Waals surface area contributed by atoms with Crippen LogP contribution < -0.4 is 21.7 Å². The van der Waals surface area contributed by atoms with Crippen molar-refractivity contribution in [1.29, 1.82) is 0 Å². The largest absolute Gasteiger partial charge is 0.446 e. The Morgan fingerprint density at radius 1 is 1.11 bits per heavy atom. The number of amides is 3. The molecule has 0 atom stereocenters. The van der Waals surface area contributed by atoms with E-state index in [1.165, 1.54) is 42.2 Å². The number of hydrogen-bond donors (Lipinski definition) is 4. The summed E-state index contributed by atoms with van der Waals surface area (Å²) in [4.78, 5) is 29.3. The molecule has 0 radical (unpaired) electrons. The monoisotopic (exact) mass is 545 g/mol.